The maximum atomic E-state index is 12.9. The van der Waals surface area contributed by atoms with Crippen LogP contribution in [0.3, 0.4) is 0 Å². The fourth-order valence-corrected chi connectivity index (χ4v) is 3.38. The summed E-state index contributed by atoms with van der Waals surface area (Å²) in [6.07, 6.45) is 6.70. The highest BCUT2D eigenvalue weighted by Crippen LogP contribution is 2.36. The molecule has 9 heteroatoms. The van der Waals surface area contributed by atoms with Gasteiger partial charge in [0, 0.05) is 36.1 Å². The van der Waals surface area contributed by atoms with Crippen LogP contribution in [0.2, 0.25) is 0 Å². The zero-order valence-corrected chi connectivity index (χ0v) is 16.6. The molecule has 1 N–H and O–H groups in total. The number of carbonyl (C=O) groups is 1. The molecule has 1 amide bonds. The fourth-order valence-electron chi connectivity index (χ4n) is 3.38. The van der Waals surface area contributed by atoms with Gasteiger partial charge >= 0.3 is 5.69 Å². The molecule has 156 valence electrons. The number of carbonyl (C=O) groups excluding carboxylic acids is 1. The highest BCUT2D eigenvalue weighted by molar-refractivity contribution is 5.91. The second-order valence-corrected chi connectivity index (χ2v) is 7.32. The summed E-state index contributed by atoms with van der Waals surface area (Å²) in [4.78, 5) is 33.5. The number of hydrogen-bond donors (Lipinski definition) is 1. The molecule has 0 aliphatic heterocycles. The van der Waals surface area contributed by atoms with Crippen LogP contribution in [-0.2, 0) is 6.54 Å². The average molecular weight is 416 g/mol. The maximum Gasteiger partial charge on any atom is 0.346 e. The number of nitrogens with one attached hydrogen (secondary N) is 1. The Labute approximate surface area is 177 Å². The summed E-state index contributed by atoms with van der Waals surface area (Å²) in [5, 5.41) is 7.25. The number of nitrogens with zero attached hydrogens (tertiary/aromatic N) is 5. The molecular weight excluding hydrogens is 396 g/mol. The number of benzene rings is 1. The van der Waals surface area contributed by atoms with Crippen LogP contribution in [0.4, 0.5) is 0 Å². The van der Waals surface area contributed by atoms with Crippen molar-refractivity contribution in [2.24, 2.45) is 0 Å². The maximum absolute atomic E-state index is 12.9. The molecule has 9 nitrogen and oxygen atoms in total. The van der Waals surface area contributed by atoms with Gasteiger partial charge in [-0.15, -0.1) is 5.10 Å². The van der Waals surface area contributed by atoms with Crippen LogP contribution in [0.15, 0.2) is 70.3 Å². The highest BCUT2D eigenvalue weighted by Gasteiger charge is 2.30. The number of aromatic nitrogens is 5. The largest absolute Gasteiger partial charge is 0.431 e. The van der Waals surface area contributed by atoms with Gasteiger partial charge in [0.2, 0.25) is 11.7 Å². The van der Waals surface area contributed by atoms with Crippen molar-refractivity contribution < 1.29 is 9.21 Å². The predicted molar refractivity (Wildman–Crippen MR) is 112 cm³/mol. The van der Waals surface area contributed by atoms with E-state index in [-0.39, 0.29) is 30.6 Å². The van der Waals surface area contributed by atoms with Gasteiger partial charge in [-0.05, 0) is 37.1 Å². The lowest BCUT2D eigenvalue weighted by Gasteiger charge is -2.02. The first-order valence-electron chi connectivity index (χ1n) is 10.1. The monoisotopic (exact) mass is 416 g/mol. The Hall–Kier alpha value is -4.01. The molecule has 31 heavy (non-hydrogen) atoms. The third kappa shape index (κ3) is 3.89. The third-order valence-corrected chi connectivity index (χ3v) is 5.06. The van der Waals surface area contributed by atoms with Gasteiger partial charge in [-0.2, -0.15) is 0 Å². The van der Waals surface area contributed by atoms with Crippen molar-refractivity contribution in [2.45, 2.75) is 25.4 Å². The van der Waals surface area contributed by atoms with Gasteiger partial charge in [0.05, 0.1) is 12.7 Å². The van der Waals surface area contributed by atoms with Gasteiger partial charge < -0.3 is 9.73 Å². The van der Waals surface area contributed by atoms with E-state index < -0.39 is 5.91 Å². The second-order valence-electron chi connectivity index (χ2n) is 7.32. The zero-order chi connectivity index (χ0) is 21.2. The van der Waals surface area contributed by atoms with Gasteiger partial charge in [0.1, 0.15) is 0 Å². The van der Waals surface area contributed by atoms with Crippen LogP contribution in [-0.4, -0.2) is 36.8 Å². The summed E-state index contributed by atoms with van der Waals surface area (Å²) in [6.45, 7) is 0.478. The normalized spacial score (nSPS) is 13.3. The van der Waals surface area contributed by atoms with Gasteiger partial charge in [-0.1, -0.05) is 18.2 Å². The molecule has 1 aliphatic carbocycles. The molecule has 3 heterocycles. The standard InChI is InChI=1S/C22H20N6O3/c29-20(18-14-25-21(31-18)15-5-2-1-3-6-15)24-11-12-27-22(30)28(17-8-9-17)19(26-27)16-7-4-10-23-13-16/h1-7,10,13-14,17H,8-9,11-12H2,(H,24,29). The summed E-state index contributed by atoms with van der Waals surface area (Å²) in [7, 11) is 0. The molecule has 0 unspecified atom stereocenters. The Morgan fingerprint density at radius 3 is 2.65 bits per heavy atom. The van der Waals surface area contributed by atoms with Crippen molar-refractivity contribution in [2.75, 3.05) is 6.54 Å². The van der Waals surface area contributed by atoms with E-state index in [4.69, 9.17) is 4.42 Å². The Morgan fingerprint density at radius 2 is 1.90 bits per heavy atom. The van der Waals surface area contributed by atoms with Gasteiger partial charge in [-0.25, -0.2) is 14.5 Å². The Balaban J connectivity index is 1.27. The number of hydrogen-bond acceptors (Lipinski definition) is 6. The van der Waals surface area contributed by atoms with Crippen LogP contribution < -0.4 is 11.0 Å². The predicted octanol–water partition coefficient (Wildman–Crippen LogP) is 2.53. The molecule has 1 saturated carbocycles. The topological polar surface area (TPSA) is 108 Å². The number of oxazole rings is 1. The lowest BCUT2D eigenvalue weighted by atomic mass is 10.2. The summed E-state index contributed by atoms with van der Waals surface area (Å²) < 4.78 is 8.67. The summed E-state index contributed by atoms with van der Waals surface area (Å²) in [5.41, 5.74) is 1.41. The Morgan fingerprint density at radius 1 is 1.10 bits per heavy atom. The summed E-state index contributed by atoms with van der Waals surface area (Å²) >= 11 is 0. The molecule has 3 aromatic heterocycles. The van der Waals surface area contributed by atoms with Crippen LogP contribution in [0.25, 0.3) is 22.8 Å². The third-order valence-electron chi connectivity index (χ3n) is 5.06. The van der Waals surface area contributed by atoms with Crippen molar-refractivity contribution >= 4 is 5.91 Å². The van der Waals surface area contributed by atoms with Crippen molar-refractivity contribution in [3.63, 3.8) is 0 Å². The van der Waals surface area contributed by atoms with Crippen molar-refractivity contribution in [3.8, 4) is 22.8 Å². The van der Waals surface area contributed by atoms with Crippen LogP contribution >= 0.6 is 0 Å². The van der Waals surface area contributed by atoms with E-state index in [0.717, 1.165) is 24.0 Å². The van der Waals surface area contributed by atoms with Gasteiger partial charge in [0.15, 0.2) is 5.82 Å². The van der Waals surface area contributed by atoms with Crippen molar-refractivity contribution in [1.82, 2.24) is 29.6 Å². The molecule has 0 saturated heterocycles. The van der Waals surface area contributed by atoms with Crippen LogP contribution in [0.5, 0.6) is 0 Å². The van der Waals surface area contributed by atoms with E-state index in [1.807, 2.05) is 42.5 Å². The molecule has 0 atom stereocenters. The van der Waals surface area contributed by atoms with E-state index in [1.165, 1.54) is 10.9 Å². The molecule has 0 spiro atoms. The summed E-state index contributed by atoms with van der Waals surface area (Å²) in [6, 6.07) is 13.2. The minimum absolute atomic E-state index is 0.116. The number of rotatable bonds is 7. The van der Waals surface area contributed by atoms with Crippen LogP contribution in [0.1, 0.15) is 29.4 Å². The van der Waals surface area contributed by atoms with E-state index >= 15 is 0 Å². The lowest BCUT2D eigenvalue weighted by molar-refractivity contribution is 0.0925. The first-order chi connectivity index (χ1) is 15.2. The average Bonchev–Trinajstić information content (AvgIpc) is 3.42. The smallest absolute Gasteiger partial charge is 0.346 e. The highest BCUT2D eigenvalue weighted by atomic mass is 16.4. The second kappa shape index (κ2) is 8.02. The Bertz CT molecular complexity index is 1260. The Kier molecular flexibility index (Phi) is 4.91. The zero-order valence-electron chi connectivity index (χ0n) is 16.6. The molecule has 0 radical (unpaired) electrons. The number of amides is 1. The fraction of sp³-hybridized carbons (Fsp3) is 0.227. The molecule has 4 aromatic rings. The van der Waals surface area contributed by atoms with E-state index in [1.54, 1.807) is 17.0 Å². The van der Waals surface area contributed by atoms with E-state index in [9.17, 15) is 9.59 Å². The number of pyridine rings is 1. The lowest BCUT2D eigenvalue weighted by Crippen LogP contribution is -2.32. The molecule has 0 bridgehead atoms. The SMILES string of the molecule is O=C(NCCn1nc(-c2cccnc2)n(C2CC2)c1=O)c1cnc(-c2ccccc2)o1. The molecule has 1 fully saturated rings. The summed E-state index contributed by atoms with van der Waals surface area (Å²) in [5.74, 6) is 0.712. The quantitative estimate of drug-likeness (QED) is 0.496. The minimum Gasteiger partial charge on any atom is -0.431 e. The minimum atomic E-state index is -0.392. The molecule has 1 aromatic carbocycles. The first-order valence-corrected chi connectivity index (χ1v) is 10.1. The molecule has 1 aliphatic rings. The first kappa shape index (κ1) is 19.0. The van der Waals surface area contributed by atoms with Crippen molar-refractivity contribution in [3.05, 3.63) is 77.3 Å². The van der Waals surface area contributed by atoms with Crippen molar-refractivity contribution in [1.29, 1.82) is 0 Å². The van der Waals surface area contributed by atoms with Gasteiger partial charge in [-0.3, -0.25) is 14.3 Å². The van der Waals surface area contributed by atoms with E-state index in [2.05, 4.69) is 20.4 Å². The van der Waals surface area contributed by atoms with E-state index in [0.29, 0.717) is 11.7 Å². The molecule has 5 rings (SSSR count). The van der Waals surface area contributed by atoms with Crippen LogP contribution in [0, 0.1) is 0 Å². The van der Waals surface area contributed by atoms with Gasteiger partial charge in [0.25, 0.3) is 5.91 Å². The molecular formula is C22H20N6O3.